The predicted molar refractivity (Wildman–Crippen MR) is 190 cm³/mol. The maximum atomic E-state index is 13.5. The lowest BCUT2D eigenvalue weighted by molar-refractivity contribution is -0.141. The first-order chi connectivity index (χ1) is 25.1. The zero-order valence-corrected chi connectivity index (χ0v) is 28.9. The molecule has 3 fully saturated rings. The lowest BCUT2D eigenvalue weighted by Crippen LogP contribution is -2.24. The molecule has 3 aliphatic rings. The molecular weight excluding hydrogens is 644 g/mol. The molecule has 0 atom stereocenters. The number of imidazole rings is 1. The lowest BCUT2D eigenvalue weighted by Gasteiger charge is -2.23. The molecule has 0 saturated heterocycles. The lowest BCUT2D eigenvalue weighted by atomic mass is 9.88. The second-order valence-corrected chi connectivity index (χ2v) is 14.4. The number of rotatable bonds is 9. The molecule has 0 bridgehead atoms. The summed E-state index contributed by atoms with van der Waals surface area (Å²) in [6.07, 6.45) is 15.0. The quantitative estimate of drug-likeness (QED) is 0.152. The van der Waals surface area contributed by atoms with Gasteiger partial charge in [0.2, 0.25) is 0 Å². The summed E-state index contributed by atoms with van der Waals surface area (Å²) >= 11 is 0. The number of hydrogen-bond donors (Lipinski definition) is 1. The Morgan fingerprint density at radius 3 is 1.90 bits per heavy atom. The van der Waals surface area contributed by atoms with Crippen LogP contribution in [-0.4, -0.2) is 52.3 Å². The molecule has 5 aromatic rings. The van der Waals surface area contributed by atoms with E-state index < -0.39 is 0 Å². The summed E-state index contributed by atoms with van der Waals surface area (Å²) in [5, 5.41) is 23.3. The van der Waals surface area contributed by atoms with Gasteiger partial charge in [-0.3, -0.25) is 9.59 Å². The van der Waals surface area contributed by atoms with Gasteiger partial charge in [-0.15, -0.1) is 15.3 Å². The third-order valence-corrected chi connectivity index (χ3v) is 11.0. The molecule has 0 radical (unpaired) electrons. The van der Waals surface area contributed by atoms with E-state index in [0.717, 1.165) is 118 Å². The van der Waals surface area contributed by atoms with E-state index in [0.29, 0.717) is 23.4 Å². The van der Waals surface area contributed by atoms with E-state index >= 15 is 0 Å². The average molecular weight is 689 g/mol. The third-order valence-electron chi connectivity index (χ3n) is 11.0. The topological polar surface area (TPSA) is 151 Å². The molecule has 3 aromatic heterocycles. The van der Waals surface area contributed by atoms with E-state index in [-0.39, 0.29) is 41.5 Å². The van der Waals surface area contributed by atoms with Gasteiger partial charge in [0.1, 0.15) is 11.3 Å². The van der Waals surface area contributed by atoms with E-state index in [4.69, 9.17) is 14.5 Å². The first-order valence-electron chi connectivity index (χ1n) is 18.7. The Morgan fingerprint density at radius 2 is 1.27 bits per heavy atom. The molecule has 2 aromatic carbocycles. The number of tetrazole rings is 1. The minimum Gasteiger partial charge on any atom is -0.403 e. The summed E-state index contributed by atoms with van der Waals surface area (Å²) in [6, 6.07) is 16.4. The number of carbonyl (C=O) groups is 2. The number of hydrogen-bond acceptors (Lipinski definition) is 10. The van der Waals surface area contributed by atoms with Crippen LogP contribution in [0.2, 0.25) is 0 Å². The van der Waals surface area contributed by atoms with Crippen LogP contribution in [0.25, 0.3) is 33.5 Å². The maximum Gasteiger partial charge on any atom is 0.315 e. The van der Waals surface area contributed by atoms with Crippen LogP contribution in [0.1, 0.15) is 114 Å². The van der Waals surface area contributed by atoms with E-state index in [1.807, 2.05) is 18.2 Å². The van der Waals surface area contributed by atoms with Crippen LogP contribution in [-0.2, 0) is 16.1 Å². The maximum absolute atomic E-state index is 13.5. The summed E-state index contributed by atoms with van der Waals surface area (Å²) in [4.78, 5) is 32.1. The number of aromatic nitrogens is 8. The summed E-state index contributed by atoms with van der Waals surface area (Å²) in [5.74, 6) is 1.00. The number of benzene rings is 2. The molecule has 3 heterocycles. The molecule has 12 heteroatoms. The standard InChI is InChI=1S/C39H44N8O4/c48-38(28-14-6-2-7-15-28)50-36-32-33(37(44-43-36)51-39(49)29-16-8-3-9-17-29)47(35(40-32)27-12-4-1-5-13-27)24-25-20-22-26(23-21-25)30-18-10-11-19-31(30)34-41-45-46-42-34/h10-11,18-23,27-29H,1-9,12-17,24H2,(H,41,42,45,46). The van der Waals surface area contributed by atoms with Crippen molar-refractivity contribution in [3.63, 3.8) is 0 Å². The van der Waals surface area contributed by atoms with Gasteiger partial charge in [-0.05, 0) is 65.6 Å². The van der Waals surface area contributed by atoms with Crippen LogP contribution in [0, 0.1) is 11.8 Å². The Kier molecular flexibility index (Phi) is 9.81. The molecule has 1 N–H and O–H groups in total. The number of fused-ring (bicyclic) bond motifs is 1. The van der Waals surface area contributed by atoms with Crippen molar-refractivity contribution in [1.29, 1.82) is 0 Å². The first kappa shape index (κ1) is 33.2. The van der Waals surface area contributed by atoms with Gasteiger partial charge >= 0.3 is 11.9 Å². The van der Waals surface area contributed by atoms with Crippen molar-refractivity contribution < 1.29 is 19.1 Å². The summed E-state index contributed by atoms with van der Waals surface area (Å²) in [7, 11) is 0. The number of aromatic amines is 1. The van der Waals surface area contributed by atoms with Crippen LogP contribution in [0.15, 0.2) is 48.5 Å². The molecule has 264 valence electrons. The zero-order chi connectivity index (χ0) is 34.6. The first-order valence-corrected chi connectivity index (χ1v) is 18.7. The van der Waals surface area contributed by atoms with Gasteiger partial charge in [-0.2, -0.15) is 0 Å². The van der Waals surface area contributed by atoms with Gasteiger partial charge < -0.3 is 14.0 Å². The Balaban J connectivity index is 1.19. The Bertz CT molecular complexity index is 1970. The van der Waals surface area contributed by atoms with E-state index in [9.17, 15) is 9.59 Å². The third kappa shape index (κ3) is 7.13. The predicted octanol–water partition coefficient (Wildman–Crippen LogP) is 7.74. The van der Waals surface area contributed by atoms with Crippen molar-refractivity contribution in [3.8, 4) is 34.3 Å². The smallest absolute Gasteiger partial charge is 0.315 e. The number of carbonyl (C=O) groups excluding carboxylic acids is 2. The van der Waals surface area contributed by atoms with E-state index in [1.165, 1.54) is 6.42 Å². The fourth-order valence-corrected chi connectivity index (χ4v) is 8.21. The largest absolute Gasteiger partial charge is 0.403 e. The van der Waals surface area contributed by atoms with Crippen LogP contribution in [0.3, 0.4) is 0 Å². The number of H-pyrrole nitrogens is 1. The normalized spacial score (nSPS) is 17.8. The molecular formula is C39H44N8O4. The zero-order valence-electron chi connectivity index (χ0n) is 28.9. The molecule has 8 rings (SSSR count). The highest BCUT2D eigenvalue weighted by Gasteiger charge is 2.32. The van der Waals surface area contributed by atoms with Crippen molar-refractivity contribution in [3.05, 3.63) is 59.9 Å². The molecule has 0 amide bonds. The van der Waals surface area contributed by atoms with Gasteiger partial charge in [0.05, 0.1) is 11.8 Å². The Hall–Kier alpha value is -5.00. The highest BCUT2D eigenvalue weighted by Crippen LogP contribution is 2.39. The second-order valence-electron chi connectivity index (χ2n) is 14.4. The number of nitrogens with one attached hydrogen (secondary N) is 1. The summed E-state index contributed by atoms with van der Waals surface area (Å²) < 4.78 is 14.3. The highest BCUT2D eigenvalue weighted by molar-refractivity contribution is 5.90. The highest BCUT2D eigenvalue weighted by atomic mass is 16.6. The van der Waals surface area contributed by atoms with Crippen LogP contribution in [0.4, 0.5) is 0 Å². The SMILES string of the molecule is O=C(Oc1nnc(OC(=O)C2CCCCC2)c2c1nc(C1CCCCC1)n2Cc1ccc(-c2ccccc2-c2nnn[nH]2)cc1)C1CCCCC1. The average Bonchev–Trinajstić information content (AvgIpc) is 3.87. The monoisotopic (exact) mass is 688 g/mol. The van der Waals surface area contributed by atoms with Gasteiger partial charge in [0.15, 0.2) is 11.3 Å². The van der Waals surface area contributed by atoms with Crippen molar-refractivity contribution >= 4 is 23.0 Å². The second kappa shape index (κ2) is 15.1. The van der Waals surface area contributed by atoms with Crippen LogP contribution < -0.4 is 9.47 Å². The van der Waals surface area contributed by atoms with Gasteiger partial charge in [0, 0.05) is 18.0 Å². The Labute approximate surface area is 296 Å². The van der Waals surface area contributed by atoms with Crippen molar-refractivity contribution in [2.45, 2.75) is 109 Å². The van der Waals surface area contributed by atoms with Crippen molar-refractivity contribution in [1.82, 2.24) is 40.4 Å². The molecule has 3 aliphatic carbocycles. The molecule has 0 spiro atoms. The molecule has 3 saturated carbocycles. The van der Waals surface area contributed by atoms with Gasteiger partial charge in [-0.25, -0.2) is 10.1 Å². The fourth-order valence-electron chi connectivity index (χ4n) is 8.21. The van der Waals surface area contributed by atoms with Crippen molar-refractivity contribution in [2.24, 2.45) is 11.8 Å². The van der Waals surface area contributed by atoms with Crippen molar-refractivity contribution in [2.75, 3.05) is 0 Å². The van der Waals surface area contributed by atoms with Gasteiger partial charge in [-0.1, -0.05) is 106 Å². The van der Waals surface area contributed by atoms with Crippen LogP contribution >= 0.6 is 0 Å². The Morgan fingerprint density at radius 1 is 0.686 bits per heavy atom. The minimum atomic E-state index is -0.289. The summed E-state index contributed by atoms with van der Waals surface area (Å²) in [6.45, 7) is 0.464. The van der Waals surface area contributed by atoms with Crippen LogP contribution in [0.5, 0.6) is 11.8 Å². The van der Waals surface area contributed by atoms with E-state index in [2.05, 4.69) is 65.7 Å². The number of esters is 2. The fraction of sp³-hybridized carbons (Fsp3) is 0.487. The molecule has 12 nitrogen and oxygen atoms in total. The molecule has 0 aliphatic heterocycles. The van der Waals surface area contributed by atoms with E-state index in [1.54, 1.807) is 0 Å². The molecule has 51 heavy (non-hydrogen) atoms. The molecule has 0 unspecified atom stereocenters. The number of nitrogens with zero attached hydrogens (tertiary/aromatic N) is 7. The number of ether oxygens (including phenoxy) is 2. The van der Waals surface area contributed by atoms with Gasteiger partial charge in [0.25, 0.3) is 11.8 Å². The summed E-state index contributed by atoms with van der Waals surface area (Å²) in [5.41, 5.74) is 4.96. The minimum absolute atomic E-state index is 0.0858.